The van der Waals surface area contributed by atoms with Crippen LogP contribution in [0.4, 0.5) is 0 Å². The Bertz CT molecular complexity index is 182. The summed E-state index contributed by atoms with van der Waals surface area (Å²) in [5.74, 6) is 1.29. The predicted octanol–water partition coefficient (Wildman–Crippen LogP) is 3.51. The van der Waals surface area contributed by atoms with Gasteiger partial charge in [-0.05, 0) is 37.5 Å². The zero-order valence-corrected chi connectivity index (χ0v) is 9.47. The lowest BCUT2D eigenvalue weighted by Gasteiger charge is -2.22. The van der Waals surface area contributed by atoms with Gasteiger partial charge in [0, 0.05) is 0 Å². The average molecular weight is 196 g/mol. The number of hydrogen-bond donors (Lipinski definition) is 1. The molecule has 1 nitrogen and oxygen atoms in total. The van der Waals surface area contributed by atoms with E-state index in [4.69, 9.17) is 0 Å². The smallest absolute Gasteiger partial charge is 0.0708 e. The van der Waals surface area contributed by atoms with E-state index in [1.54, 1.807) is 0 Å². The van der Waals surface area contributed by atoms with Gasteiger partial charge < -0.3 is 5.11 Å². The lowest BCUT2D eigenvalue weighted by atomic mass is 9.90. The molecule has 0 radical (unpaired) electrons. The molecule has 2 aliphatic carbocycles. The lowest BCUT2D eigenvalue weighted by molar-refractivity contribution is 0.0553. The van der Waals surface area contributed by atoms with E-state index in [0.717, 1.165) is 6.42 Å². The number of aliphatic hydroxyl groups is 1. The molecule has 2 unspecified atom stereocenters. The van der Waals surface area contributed by atoms with Gasteiger partial charge in [0.25, 0.3) is 0 Å². The van der Waals surface area contributed by atoms with Gasteiger partial charge in [-0.15, -0.1) is 0 Å². The Kier molecular flexibility index (Phi) is 3.16. The fourth-order valence-electron chi connectivity index (χ4n) is 3.32. The second-order valence-corrected chi connectivity index (χ2v) is 5.37. The number of hydrogen-bond acceptors (Lipinski definition) is 1. The standard InChI is InChI=1S/C13H24O/c1-2-7-12-10-13(12,14)11-8-5-3-4-6-9-11/h11-12,14H,2-10H2,1H3. The summed E-state index contributed by atoms with van der Waals surface area (Å²) < 4.78 is 0. The van der Waals surface area contributed by atoms with Crippen LogP contribution < -0.4 is 0 Å². The minimum absolute atomic E-state index is 0.222. The summed E-state index contributed by atoms with van der Waals surface area (Å²) in [7, 11) is 0. The van der Waals surface area contributed by atoms with Crippen molar-refractivity contribution in [3.05, 3.63) is 0 Å². The summed E-state index contributed by atoms with van der Waals surface area (Å²) in [6.45, 7) is 2.23. The molecule has 1 heteroatoms. The van der Waals surface area contributed by atoms with Gasteiger partial charge in [0.2, 0.25) is 0 Å². The van der Waals surface area contributed by atoms with Crippen LogP contribution in [0.25, 0.3) is 0 Å². The quantitative estimate of drug-likeness (QED) is 0.685. The summed E-state index contributed by atoms with van der Waals surface area (Å²) in [4.78, 5) is 0. The first-order valence-electron chi connectivity index (χ1n) is 6.49. The summed E-state index contributed by atoms with van der Waals surface area (Å²) in [5, 5.41) is 10.5. The molecule has 0 amide bonds. The highest BCUT2D eigenvalue weighted by atomic mass is 16.3. The Morgan fingerprint density at radius 3 is 2.36 bits per heavy atom. The van der Waals surface area contributed by atoms with Gasteiger partial charge in [-0.3, -0.25) is 0 Å². The Morgan fingerprint density at radius 1 is 1.14 bits per heavy atom. The second kappa shape index (κ2) is 4.22. The largest absolute Gasteiger partial charge is 0.389 e. The lowest BCUT2D eigenvalue weighted by Crippen LogP contribution is -2.24. The van der Waals surface area contributed by atoms with E-state index in [2.05, 4.69) is 6.92 Å². The van der Waals surface area contributed by atoms with Crippen LogP contribution in [0.5, 0.6) is 0 Å². The molecule has 82 valence electrons. The highest BCUT2D eigenvalue weighted by Gasteiger charge is 2.56. The zero-order chi connectivity index (χ0) is 10.0. The normalized spacial score (nSPS) is 39.4. The van der Waals surface area contributed by atoms with Crippen LogP contribution in [0.1, 0.15) is 64.7 Å². The minimum Gasteiger partial charge on any atom is -0.389 e. The molecule has 2 rings (SSSR count). The van der Waals surface area contributed by atoms with Gasteiger partial charge in [-0.25, -0.2) is 0 Å². The third-order valence-corrected chi connectivity index (χ3v) is 4.32. The van der Waals surface area contributed by atoms with Crippen molar-refractivity contribution in [1.29, 1.82) is 0 Å². The highest BCUT2D eigenvalue weighted by Crippen LogP contribution is 2.54. The Morgan fingerprint density at radius 2 is 1.79 bits per heavy atom. The summed E-state index contributed by atoms with van der Waals surface area (Å²) >= 11 is 0. The number of rotatable bonds is 3. The first-order valence-corrected chi connectivity index (χ1v) is 6.49. The van der Waals surface area contributed by atoms with Crippen molar-refractivity contribution >= 4 is 0 Å². The fourth-order valence-corrected chi connectivity index (χ4v) is 3.32. The van der Waals surface area contributed by atoms with Crippen molar-refractivity contribution in [3.63, 3.8) is 0 Å². The van der Waals surface area contributed by atoms with Crippen LogP contribution in [0, 0.1) is 11.8 Å². The molecule has 0 saturated heterocycles. The monoisotopic (exact) mass is 196 g/mol. The molecule has 0 aromatic heterocycles. The zero-order valence-electron chi connectivity index (χ0n) is 9.47. The van der Waals surface area contributed by atoms with Gasteiger partial charge in [0.15, 0.2) is 0 Å². The third kappa shape index (κ3) is 1.98. The molecule has 0 aliphatic heterocycles. The van der Waals surface area contributed by atoms with Gasteiger partial charge in [-0.2, -0.15) is 0 Å². The molecule has 2 atom stereocenters. The molecule has 2 fully saturated rings. The molecule has 0 heterocycles. The molecule has 14 heavy (non-hydrogen) atoms. The van der Waals surface area contributed by atoms with Crippen molar-refractivity contribution in [2.45, 2.75) is 70.3 Å². The van der Waals surface area contributed by atoms with Crippen molar-refractivity contribution < 1.29 is 5.11 Å². The molecule has 0 aromatic carbocycles. The van der Waals surface area contributed by atoms with E-state index in [-0.39, 0.29) is 5.60 Å². The van der Waals surface area contributed by atoms with Crippen LogP contribution in [-0.4, -0.2) is 10.7 Å². The van der Waals surface area contributed by atoms with E-state index in [0.29, 0.717) is 11.8 Å². The van der Waals surface area contributed by atoms with Crippen LogP contribution in [0.15, 0.2) is 0 Å². The maximum atomic E-state index is 10.5. The van der Waals surface area contributed by atoms with E-state index < -0.39 is 0 Å². The van der Waals surface area contributed by atoms with Gasteiger partial charge in [0.05, 0.1) is 5.60 Å². The van der Waals surface area contributed by atoms with E-state index >= 15 is 0 Å². The van der Waals surface area contributed by atoms with Crippen LogP contribution >= 0.6 is 0 Å². The molecule has 1 N–H and O–H groups in total. The summed E-state index contributed by atoms with van der Waals surface area (Å²) in [6.07, 6.45) is 11.7. The first-order chi connectivity index (χ1) is 6.77. The topological polar surface area (TPSA) is 20.2 Å². The highest BCUT2D eigenvalue weighted by molar-refractivity contribution is 5.07. The molecule has 0 bridgehead atoms. The van der Waals surface area contributed by atoms with E-state index in [9.17, 15) is 5.11 Å². The van der Waals surface area contributed by atoms with Crippen molar-refractivity contribution in [1.82, 2.24) is 0 Å². The van der Waals surface area contributed by atoms with Crippen LogP contribution in [0.3, 0.4) is 0 Å². The Labute approximate surface area is 87.9 Å². The maximum absolute atomic E-state index is 10.5. The average Bonchev–Trinajstić information content (AvgIpc) is 2.87. The second-order valence-electron chi connectivity index (χ2n) is 5.37. The Balaban J connectivity index is 1.87. The fraction of sp³-hybridized carbons (Fsp3) is 1.00. The van der Waals surface area contributed by atoms with E-state index in [1.165, 1.54) is 51.4 Å². The molecule has 2 saturated carbocycles. The van der Waals surface area contributed by atoms with Gasteiger partial charge in [-0.1, -0.05) is 39.0 Å². The molecule has 2 aliphatic rings. The van der Waals surface area contributed by atoms with Gasteiger partial charge >= 0.3 is 0 Å². The SMILES string of the molecule is CCCC1CC1(O)C1CCCCCC1. The van der Waals surface area contributed by atoms with E-state index in [1.807, 2.05) is 0 Å². The van der Waals surface area contributed by atoms with Crippen molar-refractivity contribution in [2.24, 2.45) is 11.8 Å². The Hall–Kier alpha value is -0.0400. The van der Waals surface area contributed by atoms with Crippen molar-refractivity contribution in [2.75, 3.05) is 0 Å². The minimum atomic E-state index is -0.222. The van der Waals surface area contributed by atoms with Crippen LogP contribution in [-0.2, 0) is 0 Å². The third-order valence-electron chi connectivity index (χ3n) is 4.32. The molecular weight excluding hydrogens is 172 g/mol. The first kappa shape index (κ1) is 10.5. The van der Waals surface area contributed by atoms with Gasteiger partial charge in [0.1, 0.15) is 0 Å². The molecule has 0 aromatic rings. The summed E-state index contributed by atoms with van der Waals surface area (Å²) in [5.41, 5.74) is -0.222. The molecular formula is C13H24O. The van der Waals surface area contributed by atoms with Crippen LogP contribution in [0.2, 0.25) is 0 Å². The van der Waals surface area contributed by atoms with Crippen molar-refractivity contribution in [3.8, 4) is 0 Å². The molecule has 0 spiro atoms. The predicted molar refractivity (Wildman–Crippen MR) is 59.2 cm³/mol. The summed E-state index contributed by atoms with van der Waals surface area (Å²) in [6, 6.07) is 0. The maximum Gasteiger partial charge on any atom is 0.0708 e.